The first-order valence-corrected chi connectivity index (χ1v) is 7.63. The summed E-state index contributed by atoms with van der Waals surface area (Å²) in [6.07, 6.45) is 3.17. The van der Waals surface area contributed by atoms with Crippen molar-refractivity contribution in [1.82, 2.24) is 20.2 Å². The Morgan fingerprint density at radius 1 is 1.31 bits per heavy atom. The second-order valence-corrected chi connectivity index (χ2v) is 5.74. The number of fused-ring (bicyclic) bond motifs is 1. The first-order chi connectivity index (χ1) is 12.3. The van der Waals surface area contributed by atoms with Gasteiger partial charge in [0.2, 0.25) is 5.91 Å². The maximum Gasteiger partial charge on any atom is 0.322 e. The van der Waals surface area contributed by atoms with E-state index in [-0.39, 0.29) is 30.0 Å². The molecule has 2 aromatic rings. The Hall–Kier alpha value is -3.17. The second-order valence-electron chi connectivity index (χ2n) is 5.74. The number of pyridine rings is 2. The minimum absolute atomic E-state index is 0.111. The molecule has 0 saturated carbocycles. The van der Waals surface area contributed by atoms with Gasteiger partial charge < -0.3 is 15.5 Å². The van der Waals surface area contributed by atoms with Crippen molar-refractivity contribution in [1.29, 1.82) is 0 Å². The number of carbonyl (C=O) groups excluding carboxylic acids is 2. The summed E-state index contributed by atoms with van der Waals surface area (Å²) < 4.78 is 40.4. The lowest BCUT2D eigenvalue weighted by molar-refractivity contribution is -0.122. The highest BCUT2D eigenvalue weighted by atomic mass is 19.1. The molecule has 2 aromatic heterocycles. The Bertz CT molecular complexity index is 877. The molecule has 26 heavy (non-hydrogen) atoms. The highest BCUT2D eigenvalue weighted by Crippen LogP contribution is 2.24. The van der Waals surface area contributed by atoms with E-state index in [0.29, 0.717) is 6.07 Å². The molecule has 3 amide bonds. The Balaban J connectivity index is 1.66. The predicted octanol–water partition coefficient (Wildman–Crippen LogP) is 2.12. The molecule has 10 heteroatoms. The maximum atomic E-state index is 13.8. The molecule has 3 heterocycles. The number of anilines is 1. The van der Waals surface area contributed by atoms with Crippen LogP contribution in [0.3, 0.4) is 0 Å². The quantitative estimate of drug-likeness (QED) is 0.869. The number of carbonyl (C=O) groups is 2. The van der Waals surface area contributed by atoms with Crippen molar-refractivity contribution >= 4 is 17.6 Å². The molecule has 0 radical (unpaired) electrons. The van der Waals surface area contributed by atoms with E-state index in [1.165, 1.54) is 13.1 Å². The van der Waals surface area contributed by atoms with Gasteiger partial charge in [0.05, 0.1) is 42.6 Å². The normalized spacial score (nSPS) is 14.5. The Morgan fingerprint density at radius 2 is 2.08 bits per heavy atom. The van der Waals surface area contributed by atoms with Crippen LogP contribution in [0.15, 0.2) is 24.7 Å². The van der Waals surface area contributed by atoms with E-state index in [1.54, 1.807) is 0 Å². The lowest BCUT2D eigenvalue weighted by Crippen LogP contribution is -2.45. The molecule has 0 saturated heterocycles. The number of amides is 3. The van der Waals surface area contributed by atoms with Crippen molar-refractivity contribution in [2.75, 3.05) is 11.9 Å². The predicted molar refractivity (Wildman–Crippen MR) is 84.3 cm³/mol. The lowest BCUT2D eigenvalue weighted by atomic mass is 10.1. The van der Waals surface area contributed by atoms with Gasteiger partial charge in [0.1, 0.15) is 24.0 Å². The zero-order chi connectivity index (χ0) is 18.8. The Morgan fingerprint density at radius 3 is 2.81 bits per heavy atom. The highest BCUT2D eigenvalue weighted by Gasteiger charge is 2.27. The van der Waals surface area contributed by atoms with Gasteiger partial charge in [-0.3, -0.25) is 14.8 Å². The molecular formula is C16H14F3N5O2. The van der Waals surface area contributed by atoms with Gasteiger partial charge in [-0.15, -0.1) is 0 Å². The van der Waals surface area contributed by atoms with Crippen LogP contribution >= 0.6 is 0 Å². The molecule has 0 fully saturated rings. The van der Waals surface area contributed by atoms with Crippen molar-refractivity contribution in [3.8, 4) is 0 Å². The summed E-state index contributed by atoms with van der Waals surface area (Å²) in [6.45, 7) is 0.985. The van der Waals surface area contributed by atoms with Crippen LogP contribution in [0.2, 0.25) is 0 Å². The van der Waals surface area contributed by atoms with Crippen molar-refractivity contribution in [3.63, 3.8) is 0 Å². The number of hydrogen-bond donors (Lipinski definition) is 2. The van der Waals surface area contributed by atoms with Crippen LogP contribution in [0.25, 0.3) is 0 Å². The largest absolute Gasteiger partial charge is 0.346 e. The Labute approximate surface area is 146 Å². The fourth-order valence-corrected chi connectivity index (χ4v) is 2.59. The fraction of sp³-hybridized carbons (Fsp3) is 0.250. The number of nitrogens with zero attached hydrogens (tertiary/aromatic N) is 3. The lowest BCUT2D eigenvalue weighted by Gasteiger charge is -2.29. The molecule has 1 atom stereocenters. The van der Waals surface area contributed by atoms with Gasteiger partial charge in [-0.25, -0.2) is 18.0 Å². The van der Waals surface area contributed by atoms with Crippen molar-refractivity contribution in [2.45, 2.75) is 19.5 Å². The first kappa shape index (κ1) is 17.6. The minimum Gasteiger partial charge on any atom is -0.346 e. The molecule has 1 aliphatic rings. The van der Waals surface area contributed by atoms with Crippen molar-refractivity contribution in [3.05, 3.63) is 53.4 Å². The summed E-state index contributed by atoms with van der Waals surface area (Å²) in [6, 6.07) is -0.764. The molecule has 2 N–H and O–H groups in total. The maximum absolute atomic E-state index is 13.8. The van der Waals surface area contributed by atoms with E-state index in [2.05, 4.69) is 20.6 Å². The third kappa shape index (κ3) is 3.58. The molecule has 136 valence electrons. The minimum atomic E-state index is -0.892. The molecule has 7 nitrogen and oxygen atoms in total. The second kappa shape index (κ2) is 6.98. The van der Waals surface area contributed by atoms with Crippen LogP contribution in [-0.4, -0.2) is 33.4 Å². The van der Waals surface area contributed by atoms with Gasteiger partial charge >= 0.3 is 6.03 Å². The molecule has 0 bridgehead atoms. The third-order valence-electron chi connectivity index (χ3n) is 3.84. The average Bonchev–Trinajstić information content (AvgIpc) is 2.56. The number of aromatic nitrogens is 2. The monoisotopic (exact) mass is 365 g/mol. The summed E-state index contributed by atoms with van der Waals surface area (Å²) >= 11 is 0. The third-order valence-corrected chi connectivity index (χ3v) is 3.84. The van der Waals surface area contributed by atoms with Crippen LogP contribution in [0.1, 0.15) is 24.2 Å². The van der Waals surface area contributed by atoms with E-state index in [4.69, 9.17) is 0 Å². The summed E-state index contributed by atoms with van der Waals surface area (Å²) in [5, 5.41) is 4.92. The topological polar surface area (TPSA) is 87.2 Å². The molecule has 0 spiro atoms. The summed E-state index contributed by atoms with van der Waals surface area (Å²) in [5.74, 6) is -2.92. The van der Waals surface area contributed by atoms with E-state index in [1.807, 2.05) is 0 Å². The number of rotatable bonds is 4. The molecule has 1 aliphatic heterocycles. The molecular weight excluding hydrogens is 351 g/mol. The molecule has 0 aliphatic carbocycles. The van der Waals surface area contributed by atoms with Gasteiger partial charge in [-0.05, 0) is 6.92 Å². The van der Waals surface area contributed by atoms with E-state index < -0.39 is 35.4 Å². The van der Waals surface area contributed by atoms with Gasteiger partial charge in [0.15, 0.2) is 0 Å². The first-order valence-electron chi connectivity index (χ1n) is 7.63. The molecule has 0 unspecified atom stereocenters. The molecule has 0 aromatic carbocycles. The van der Waals surface area contributed by atoms with Crippen LogP contribution in [0, 0.1) is 17.5 Å². The van der Waals surface area contributed by atoms with E-state index >= 15 is 0 Å². The van der Waals surface area contributed by atoms with Crippen LogP contribution in [0.5, 0.6) is 0 Å². The summed E-state index contributed by atoms with van der Waals surface area (Å²) in [7, 11) is 0. The van der Waals surface area contributed by atoms with Crippen LogP contribution in [-0.2, 0) is 11.3 Å². The fourth-order valence-electron chi connectivity index (χ4n) is 2.59. The highest BCUT2D eigenvalue weighted by molar-refractivity contribution is 5.94. The SMILES string of the molecule is C[C@@H](NC(=O)CN1Cc2c(F)cncc2NC1=O)c1ncc(F)cc1F. The van der Waals surface area contributed by atoms with Crippen LogP contribution in [0.4, 0.5) is 23.7 Å². The summed E-state index contributed by atoms with van der Waals surface area (Å²) in [5.41, 5.74) is 0.328. The van der Waals surface area contributed by atoms with Crippen molar-refractivity contribution in [2.24, 2.45) is 0 Å². The van der Waals surface area contributed by atoms with E-state index in [0.717, 1.165) is 17.3 Å². The van der Waals surface area contributed by atoms with Gasteiger partial charge in [-0.1, -0.05) is 0 Å². The number of halogens is 3. The van der Waals surface area contributed by atoms with Gasteiger partial charge in [0, 0.05) is 11.6 Å². The number of hydrogen-bond acceptors (Lipinski definition) is 4. The molecule has 3 rings (SSSR count). The van der Waals surface area contributed by atoms with Crippen molar-refractivity contribution < 1.29 is 22.8 Å². The number of nitrogens with one attached hydrogen (secondary N) is 2. The average molecular weight is 365 g/mol. The van der Waals surface area contributed by atoms with Gasteiger partial charge in [-0.2, -0.15) is 0 Å². The zero-order valence-corrected chi connectivity index (χ0v) is 13.6. The van der Waals surface area contributed by atoms with Crippen LogP contribution < -0.4 is 10.6 Å². The van der Waals surface area contributed by atoms with Gasteiger partial charge in [0.25, 0.3) is 0 Å². The smallest absolute Gasteiger partial charge is 0.322 e. The zero-order valence-electron chi connectivity index (χ0n) is 13.6. The standard InChI is InChI=1S/C16H14F3N5O2/c1-8(15-11(18)2-9(17)3-21-15)22-14(25)7-24-6-10-12(19)4-20-5-13(10)23-16(24)26/h2-5,8H,6-7H2,1H3,(H,22,25)(H,23,26)/t8-/m1/s1. The Kier molecular flexibility index (Phi) is 4.74. The summed E-state index contributed by atoms with van der Waals surface area (Å²) in [4.78, 5) is 32.5. The van der Waals surface area contributed by atoms with E-state index in [9.17, 15) is 22.8 Å². The number of urea groups is 1.